The number of ether oxygens (including phenoxy) is 2. The van der Waals surface area contributed by atoms with Crippen LogP contribution in [0.25, 0.3) is 16.6 Å². The number of unbranched alkanes of at least 4 members (excludes halogenated alkanes) is 2. The number of para-hydroxylation sites is 1. The van der Waals surface area contributed by atoms with Crippen molar-refractivity contribution >= 4 is 32.7 Å². The molecule has 4 rings (SSSR count). The molecule has 0 N–H and O–H groups in total. The van der Waals surface area contributed by atoms with E-state index in [-0.39, 0.29) is 17.4 Å². The molecule has 7 nitrogen and oxygen atoms in total. The van der Waals surface area contributed by atoms with Crippen LogP contribution in [0.3, 0.4) is 0 Å². The lowest BCUT2D eigenvalue weighted by Crippen LogP contribution is -2.40. The van der Waals surface area contributed by atoms with E-state index in [2.05, 4.69) is 22.9 Å². The standard InChI is InChI=1S/C29H36BrN3O4/c1-5-6-11-16-32(28(34)20-12-7-8-13-20)19(2)27-31-23-15-10-9-14-22(23)29(35)33(27)24-17-21(36-3)18-25(37-4)26(24)30/h9-10,14-15,17-20H,5-8,11-13,16H2,1-4H3. The number of hydrogen-bond donors (Lipinski definition) is 0. The van der Waals surface area contributed by atoms with Crippen molar-refractivity contribution in [1.29, 1.82) is 0 Å². The Morgan fingerprint density at radius 1 is 1.16 bits per heavy atom. The summed E-state index contributed by atoms with van der Waals surface area (Å²) in [4.78, 5) is 34.7. The van der Waals surface area contributed by atoms with Crippen LogP contribution in [0, 0.1) is 5.92 Å². The van der Waals surface area contributed by atoms with Crippen molar-refractivity contribution in [3.63, 3.8) is 0 Å². The molecule has 0 spiro atoms. The van der Waals surface area contributed by atoms with Crippen molar-refractivity contribution in [3.8, 4) is 17.2 Å². The zero-order valence-corrected chi connectivity index (χ0v) is 23.7. The number of methoxy groups -OCH3 is 2. The van der Waals surface area contributed by atoms with Gasteiger partial charge in [0, 0.05) is 24.6 Å². The molecule has 0 saturated heterocycles. The SMILES string of the molecule is CCCCCN(C(=O)C1CCCC1)C(C)c1nc2ccccc2c(=O)n1-c1cc(OC)cc(OC)c1Br. The van der Waals surface area contributed by atoms with E-state index in [4.69, 9.17) is 14.5 Å². The third kappa shape index (κ3) is 5.54. The van der Waals surface area contributed by atoms with Crippen molar-refractivity contribution in [3.05, 3.63) is 57.0 Å². The first-order valence-corrected chi connectivity index (χ1v) is 13.9. The Labute approximate surface area is 226 Å². The summed E-state index contributed by atoms with van der Waals surface area (Å²) in [5.74, 6) is 1.80. The number of amides is 1. The highest BCUT2D eigenvalue weighted by Crippen LogP contribution is 2.37. The maximum absolute atomic E-state index is 14.0. The van der Waals surface area contributed by atoms with E-state index in [1.54, 1.807) is 37.0 Å². The molecule has 2 aromatic carbocycles. The van der Waals surface area contributed by atoms with Gasteiger partial charge in [-0.1, -0.05) is 44.7 Å². The van der Waals surface area contributed by atoms with Crippen LogP contribution in [0.15, 0.2) is 45.7 Å². The van der Waals surface area contributed by atoms with Crippen LogP contribution in [0.5, 0.6) is 11.5 Å². The Balaban J connectivity index is 1.93. The highest BCUT2D eigenvalue weighted by molar-refractivity contribution is 9.10. The summed E-state index contributed by atoms with van der Waals surface area (Å²) in [6.45, 7) is 4.77. The van der Waals surface area contributed by atoms with Crippen LogP contribution in [0.4, 0.5) is 0 Å². The molecule has 37 heavy (non-hydrogen) atoms. The van der Waals surface area contributed by atoms with Gasteiger partial charge in [-0.3, -0.25) is 14.2 Å². The van der Waals surface area contributed by atoms with Crippen LogP contribution in [0.1, 0.15) is 70.7 Å². The average molecular weight is 571 g/mol. The molecule has 1 unspecified atom stereocenters. The van der Waals surface area contributed by atoms with Crippen LogP contribution in [-0.2, 0) is 4.79 Å². The Bertz CT molecular complexity index is 1320. The summed E-state index contributed by atoms with van der Waals surface area (Å²) in [6.07, 6.45) is 7.03. The molecule has 0 radical (unpaired) electrons. The van der Waals surface area contributed by atoms with E-state index in [0.29, 0.717) is 44.9 Å². The molecule has 1 heterocycles. The molecule has 0 bridgehead atoms. The van der Waals surface area contributed by atoms with Gasteiger partial charge in [-0.15, -0.1) is 0 Å². The third-order valence-electron chi connectivity index (χ3n) is 7.32. The maximum Gasteiger partial charge on any atom is 0.266 e. The van der Waals surface area contributed by atoms with Crippen LogP contribution in [0.2, 0.25) is 0 Å². The van der Waals surface area contributed by atoms with Gasteiger partial charge < -0.3 is 14.4 Å². The zero-order valence-electron chi connectivity index (χ0n) is 22.1. The quantitative estimate of drug-likeness (QED) is 0.263. The molecule has 1 atom stereocenters. The third-order valence-corrected chi connectivity index (χ3v) is 8.12. The molecule has 1 saturated carbocycles. The minimum Gasteiger partial charge on any atom is -0.497 e. The van der Waals surface area contributed by atoms with E-state index in [9.17, 15) is 9.59 Å². The molecule has 198 valence electrons. The number of rotatable bonds is 10. The average Bonchev–Trinajstić information content (AvgIpc) is 3.46. The molecule has 1 amide bonds. The Kier molecular flexibility index (Phi) is 8.90. The highest BCUT2D eigenvalue weighted by atomic mass is 79.9. The van der Waals surface area contributed by atoms with Gasteiger partial charge >= 0.3 is 0 Å². The molecule has 8 heteroatoms. The van der Waals surface area contributed by atoms with Gasteiger partial charge in [-0.25, -0.2) is 4.98 Å². The van der Waals surface area contributed by atoms with Crippen molar-refractivity contribution < 1.29 is 14.3 Å². The molecular formula is C29H36BrN3O4. The molecule has 1 fully saturated rings. The second-order valence-corrected chi connectivity index (χ2v) is 10.5. The highest BCUT2D eigenvalue weighted by Gasteiger charge is 2.33. The van der Waals surface area contributed by atoms with Crippen LogP contribution < -0.4 is 15.0 Å². The Morgan fingerprint density at radius 2 is 1.89 bits per heavy atom. The number of aromatic nitrogens is 2. The summed E-state index contributed by atoms with van der Waals surface area (Å²) >= 11 is 3.65. The van der Waals surface area contributed by atoms with Gasteiger partial charge in [0.15, 0.2) is 0 Å². The second kappa shape index (κ2) is 12.1. The fourth-order valence-electron chi connectivity index (χ4n) is 5.22. The van der Waals surface area contributed by atoms with Gasteiger partial charge in [0.1, 0.15) is 17.3 Å². The molecule has 0 aliphatic heterocycles. The zero-order chi connectivity index (χ0) is 26.5. The number of carbonyl (C=O) groups excluding carboxylic acids is 1. The van der Waals surface area contributed by atoms with Crippen molar-refractivity contribution in [2.45, 2.75) is 64.8 Å². The number of hydrogen-bond acceptors (Lipinski definition) is 5. The van der Waals surface area contributed by atoms with E-state index in [1.807, 2.05) is 30.0 Å². The smallest absolute Gasteiger partial charge is 0.266 e. The summed E-state index contributed by atoms with van der Waals surface area (Å²) < 4.78 is 13.3. The van der Waals surface area contributed by atoms with E-state index < -0.39 is 6.04 Å². The fourth-order valence-corrected chi connectivity index (χ4v) is 5.79. The minimum absolute atomic E-state index is 0.0355. The van der Waals surface area contributed by atoms with E-state index in [1.165, 1.54) is 0 Å². The van der Waals surface area contributed by atoms with Gasteiger partial charge in [0.2, 0.25) is 5.91 Å². The molecule has 1 aliphatic rings. The first-order valence-electron chi connectivity index (χ1n) is 13.1. The number of halogens is 1. The van der Waals surface area contributed by atoms with Gasteiger partial charge in [0.05, 0.1) is 41.3 Å². The predicted octanol–water partition coefficient (Wildman–Crippen LogP) is 6.44. The lowest BCUT2D eigenvalue weighted by Gasteiger charge is -2.33. The summed E-state index contributed by atoms with van der Waals surface area (Å²) in [5.41, 5.74) is 0.965. The number of fused-ring (bicyclic) bond motifs is 1. The Hall–Kier alpha value is -2.87. The van der Waals surface area contributed by atoms with Gasteiger partial charge in [-0.05, 0) is 54.2 Å². The monoisotopic (exact) mass is 569 g/mol. The predicted molar refractivity (Wildman–Crippen MR) is 150 cm³/mol. The minimum atomic E-state index is -0.411. The van der Waals surface area contributed by atoms with Crippen molar-refractivity contribution in [2.75, 3.05) is 20.8 Å². The molecular weight excluding hydrogens is 534 g/mol. The lowest BCUT2D eigenvalue weighted by atomic mass is 10.0. The molecule has 1 aliphatic carbocycles. The van der Waals surface area contributed by atoms with Crippen molar-refractivity contribution in [2.24, 2.45) is 5.92 Å². The summed E-state index contributed by atoms with van der Waals surface area (Å²) in [6, 6.07) is 10.5. The van der Waals surface area contributed by atoms with Crippen LogP contribution in [-0.4, -0.2) is 41.1 Å². The number of benzene rings is 2. The topological polar surface area (TPSA) is 73.7 Å². The van der Waals surface area contributed by atoms with E-state index in [0.717, 1.165) is 44.9 Å². The Morgan fingerprint density at radius 3 is 2.57 bits per heavy atom. The largest absolute Gasteiger partial charge is 0.497 e. The molecule has 3 aromatic rings. The number of nitrogens with zero attached hydrogens (tertiary/aromatic N) is 3. The molecule has 1 aromatic heterocycles. The van der Waals surface area contributed by atoms with Crippen LogP contribution >= 0.6 is 15.9 Å². The summed E-state index contributed by atoms with van der Waals surface area (Å²) in [5, 5.41) is 0.506. The van der Waals surface area contributed by atoms with Crippen molar-refractivity contribution in [1.82, 2.24) is 14.5 Å². The van der Waals surface area contributed by atoms with Gasteiger partial charge in [-0.2, -0.15) is 0 Å². The fraction of sp³-hybridized carbons (Fsp3) is 0.483. The van der Waals surface area contributed by atoms with E-state index >= 15 is 0 Å². The normalized spacial score (nSPS) is 14.6. The second-order valence-electron chi connectivity index (χ2n) is 9.69. The first kappa shape index (κ1) is 27.2. The number of carbonyl (C=O) groups is 1. The first-order chi connectivity index (χ1) is 17.9. The maximum atomic E-state index is 14.0. The summed E-state index contributed by atoms with van der Waals surface area (Å²) in [7, 11) is 3.15. The van der Waals surface area contributed by atoms with Gasteiger partial charge in [0.25, 0.3) is 5.56 Å². The lowest BCUT2D eigenvalue weighted by molar-refractivity contribution is -0.137.